The molecule has 130 valence electrons. The molecule has 0 bridgehead atoms. The molecule has 2 aromatic carbocycles. The Hall–Kier alpha value is -2.86. The van der Waals surface area contributed by atoms with Gasteiger partial charge >= 0.3 is 0 Å². The van der Waals surface area contributed by atoms with Crippen molar-refractivity contribution in [3.63, 3.8) is 0 Å². The first-order valence-electron chi connectivity index (χ1n) is 8.29. The van der Waals surface area contributed by atoms with Crippen molar-refractivity contribution in [2.45, 2.75) is 19.0 Å². The topological polar surface area (TPSA) is 68.2 Å². The SMILES string of the molecule is O=C1NC(Cc2cccc3c2ccn3CC(=O)c2ccccc2)C(=O)S1. The largest absolute Gasteiger partial charge is 0.340 e. The number of thioether (sulfide) groups is 1. The van der Waals surface area contributed by atoms with Crippen LogP contribution < -0.4 is 5.32 Å². The molecular formula is C20H16N2O3S. The van der Waals surface area contributed by atoms with E-state index in [1.807, 2.05) is 65.4 Å². The molecule has 1 unspecified atom stereocenters. The van der Waals surface area contributed by atoms with Gasteiger partial charge in [-0.2, -0.15) is 0 Å². The number of Topliss-reactive ketones (excluding diaryl/α,β-unsaturated/α-hetero) is 1. The van der Waals surface area contributed by atoms with Crippen LogP contribution in [-0.2, 0) is 17.8 Å². The molecule has 2 heterocycles. The maximum Gasteiger partial charge on any atom is 0.287 e. The maximum absolute atomic E-state index is 12.5. The van der Waals surface area contributed by atoms with Gasteiger partial charge in [-0.1, -0.05) is 42.5 Å². The lowest BCUT2D eigenvalue weighted by Crippen LogP contribution is -2.30. The Balaban J connectivity index is 1.60. The lowest BCUT2D eigenvalue weighted by atomic mass is 10.0. The molecule has 6 heteroatoms. The quantitative estimate of drug-likeness (QED) is 0.705. The van der Waals surface area contributed by atoms with Crippen LogP contribution in [0.15, 0.2) is 60.8 Å². The van der Waals surface area contributed by atoms with Gasteiger partial charge in [0.05, 0.1) is 6.54 Å². The van der Waals surface area contributed by atoms with Gasteiger partial charge < -0.3 is 9.88 Å². The second-order valence-corrected chi connectivity index (χ2v) is 7.17. The predicted octanol–water partition coefficient (Wildman–Crippen LogP) is 3.42. The molecule has 1 aliphatic heterocycles. The van der Waals surface area contributed by atoms with Crippen molar-refractivity contribution in [2.75, 3.05) is 0 Å². The van der Waals surface area contributed by atoms with Crippen molar-refractivity contribution in [3.05, 3.63) is 71.9 Å². The molecule has 1 fully saturated rings. The van der Waals surface area contributed by atoms with Gasteiger partial charge in [0.1, 0.15) is 6.04 Å². The van der Waals surface area contributed by atoms with Crippen LogP contribution in [0.2, 0.25) is 0 Å². The number of aromatic nitrogens is 1. The summed E-state index contributed by atoms with van der Waals surface area (Å²) in [4.78, 5) is 35.7. The van der Waals surface area contributed by atoms with Gasteiger partial charge in [0.15, 0.2) is 5.78 Å². The van der Waals surface area contributed by atoms with Crippen LogP contribution in [0.3, 0.4) is 0 Å². The fourth-order valence-electron chi connectivity index (χ4n) is 3.22. The minimum atomic E-state index is -0.493. The summed E-state index contributed by atoms with van der Waals surface area (Å²) in [6.45, 7) is 0.256. The Morgan fingerprint density at radius 3 is 2.58 bits per heavy atom. The number of benzene rings is 2. The minimum absolute atomic E-state index is 0.0446. The third-order valence-corrected chi connectivity index (χ3v) is 5.30. The number of nitrogens with one attached hydrogen (secondary N) is 1. The van der Waals surface area contributed by atoms with Crippen LogP contribution >= 0.6 is 11.8 Å². The Bertz CT molecular complexity index is 1010. The number of ketones is 1. The van der Waals surface area contributed by atoms with Crippen LogP contribution in [0, 0.1) is 0 Å². The summed E-state index contributed by atoms with van der Waals surface area (Å²) in [6, 6.07) is 16.5. The van der Waals surface area contributed by atoms with E-state index in [4.69, 9.17) is 0 Å². The molecule has 0 aliphatic carbocycles. The molecule has 1 amide bonds. The standard InChI is InChI=1S/C20H16N2O3S/c23-18(13-5-2-1-3-6-13)12-22-10-9-15-14(7-4-8-17(15)22)11-16-19(24)26-20(25)21-16/h1-10,16H,11-12H2,(H,21,25). The first kappa shape index (κ1) is 16.6. The zero-order chi connectivity index (χ0) is 18.1. The first-order chi connectivity index (χ1) is 12.6. The normalized spacial score (nSPS) is 16.8. The fraction of sp³-hybridized carbons (Fsp3) is 0.150. The maximum atomic E-state index is 12.5. The van der Waals surface area contributed by atoms with Crippen LogP contribution in [0.25, 0.3) is 10.9 Å². The van der Waals surface area contributed by atoms with Gasteiger partial charge in [0, 0.05) is 40.8 Å². The highest BCUT2D eigenvalue weighted by molar-refractivity contribution is 8.26. The minimum Gasteiger partial charge on any atom is -0.340 e. The van der Waals surface area contributed by atoms with Crippen molar-refractivity contribution in [1.29, 1.82) is 0 Å². The molecule has 0 spiro atoms. The highest BCUT2D eigenvalue weighted by Crippen LogP contribution is 2.25. The van der Waals surface area contributed by atoms with E-state index in [2.05, 4.69) is 5.32 Å². The molecule has 0 saturated carbocycles. The Labute approximate surface area is 154 Å². The molecular weight excluding hydrogens is 348 g/mol. The van der Waals surface area contributed by atoms with Crippen molar-refractivity contribution in [1.82, 2.24) is 9.88 Å². The zero-order valence-corrected chi connectivity index (χ0v) is 14.7. The second-order valence-electron chi connectivity index (χ2n) is 6.19. The van der Waals surface area contributed by atoms with E-state index in [1.54, 1.807) is 0 Å². The number of hydrogen-bond donors (Lipinski definition) is 1. The van der Waals surface area contributed by atoms with Crippen molar-refractivity contribution >= 4 is 38.8 Å². The monoisotopic (exact) mass is 364 g/mol. The van der Waals surface area contributed by atoms with Gasteiger partial charge in [-0.15, -0.1) is 0 Å². The predicted molar refractivity (Wildman–Crippen MR) is 101 cm³/mol. The third kappa shape index (κ3) is 3.15. The lowest BCUT2D eigenvalue weighted by molar-refractivity contribution is -0.112. The molecule has 0 radical (unpaired) electrons. The van der Waals surface area contributed by atoms with Crippen molar-refractivity contribution in [2.24, 2.45) is 0 Å². The average Bonchev–Trinajstić information content (AvgIpc) is 3.19. The van der Waals surface area contributed by atoms with Gasteiger partial charge in [0.25, 0.3) is 5.24 Å². The molecule has 4 rings (SSSR count). The summed E-state index contributed by atoms with van der Waals surface area (Å²) < 4.78 is 1.91. The van der Waals surface area contributed by atoms with Gasteiger partial charge in [0.2, 0.25) is 5.12 Å². The smallest absolute Gasteiger partial charge is 0.287 e. The Morgan fingerprint density at radius 1 is 1.04 bits per heavy atom. The number of carbonyl (C=O) groups is 3. The summed E-state index contributed by atoms with van der Waals surface area (Å²) in [7, 11) is 0. The van der Waals surface area contributed by atoms with Crippen LogP contribution in [-0.4, -0.2) is 26.7 Å². The summed E-state index contributed by atoms with van der Waals surface area (Å²) in [5.41, 5.74) is 2.60. The van der Waals surface area contributed by atoms with Crippen LogP contribution in [0.1, 0.15) is 15.9 Å². The number of fused-ring (bicyclic) bond motifs is 1. The second kappa shape index (κ2) is 6.80. The van der Waals surface area contributed by atoms with Gasteiger partial charge in [-0.3, -0.25) is 14.4 Å². The summed E-state index contributed by atoms with van der Waals surface area (Å²) >= 11 is 0.726. The van der Waals surface area contributed by atoms with Crippen molar-refractivity contribution in [3.8, 4) is 0 Å². The Morgan fingerprint density at radius 2 is 1.85 bits per heavy atom. The molecule has 1 N–H and O–H groups in total. The molecule has 1 saturated heterocycles. The van der Waals surface area contributed by atoms with Gasteiger partial charge in [-0.05, 0) is 17.7 Å². The third-order valence-electron chi connectivity index (χ3n) is 4.51. The van der Waals surface area contributed by atoms with Gasteiger partial charge in [-0.25, -0.2) is 0 Å². The summed E-state index contributed by atoms with van der Waals surface area (Å²) in [5, 5.41) is 3.24. The molecule has 1 atom stereocenters. The Kier molecular flexibility index (Phi) is 4.34. The van der Waals surface area contributed by atoms with E-state index in [0.29, 0.717) is 12.0 Å². The van der Waals surface area contributed by atoms with E-state index in [9.17, 15) is 14.4 Å². The molecule has 1 aliphatic rings. The summed E-state index contributed by atoms with van der Waals surface area (Å²) in [5.74, 6) is 0.0446. The average molecular weight is 364 g/mol. The van der Waals surface area contributed by atoms with E-state index in [-0.39, 0.29) is 22.7 Å². The number of carbonyl (C=O) groups excluding carboxylic acids is 3. The molecule has 26 heavy (non-hydrogen) atoms. The number of rotatable bonds is 5. The first-order valence-corrected chi connectivity index (χ1v) is 9.10. The molecule has 5 nitrogen and oxygen atoms in total. The van der Waals surface area contributed by atoms with Crippen LogP contribution in [0.5, 0.6) is 0 Å². The highest BCUT2D eigenvalue weighted by atomic mass is 32.2. The van der Waals surface area contributed by atoms with E-state index in [0.717, 1.165) is 28.2 Å². The van der Waals surface area contributed by atoms with E-state index in [1.165, 1.54) is 0 Å². The number of amides is 1. The summed E-state index contributed by atoms with van der Waals surface area (Å²) in [6.07, 6.45) is 2.34. The highest BCUT2D eigenvalue weighted by Gasteiger charge is 2.31. The number of nitrogens with zero attached hydrogens (tertiary/aromatic N) is 1. The number of hydrogen-bond acceptors (Lipinski definition) is 4. The van der Waals surface area contributed by atoms with Crippen molar-refractivity contribution < 1.29 is 14.4 Å². The zero-order valence-electron chi connectivity index (χ0n) is 13.8. The fourth-order valence-corrected chi connectivity index (χ4v) is 3.89. The molecule has 1 aromatic heterocycles. The van der Waals surface area contributed by atoms with Crippen LogP contribution in [0.4, 0.5) is 4.79 Å². The lowest BCUT2D eigenvalue weighted by Gasteiger charge is -2.10. The van der Waals surface area contributed by atoms with E-state index >= 15 is 0 Å². The van der Waals surface area contributed by atoms with E-state index < -0.39 is 6.04 Å². The molecule has 3 aromatic rings.